The van der Waals surface area contributed by atoms with Crippen molar-refractivity contribution in [1.29, 1.82) is 0 Å². The molecule has 24 heavy (non-hydrogen) atoms. The number of ether oxygens (including phenoxy) is 1. The number of anilines is 1. The number of nitrogens with one attached hydrogen (secondary N) is 1. The van der Waals surface area contributed by atoms with Gasteiger partial charge in [0.2, 0.25) is 5.96 Å². The molecule has 2 rings (SSSR count). The fourth-order valence-electron chi connectivity index (χ4n) is 1.99. The summed E-state index contributed by atoms with van der Waals surface area (Å²) in [6.45, 7) is 2.96. The fourth-order valence-corrected chi connectivity index (χ4v) is 3.04. The summed E-state index contributed by atoms with van der Waals surface area (Å²) >= 11 is 7.51. The lowest BCUT2D eigenvalue weighted by Crippen LogP contribution is -2.39. The number of carbonyl (C=O) groups excluding carboxylic acids is 1. The Balaban J connectivity index is 1.77. The van der Waals surface area contributed by atoms with Crippen molar-refractivity contribution in [3.05, 3.63) is 25.4 Å². The molecule has 2 heterocycles. The van der Waals surface area contributed by atoms with E-state index in [0.717, 1.165) is 11.3 Å². The molecule has 132 valence electrons. The summed E-state index contributed by atoms with van der Waals surface area (Å²) in [7, 11) is 0. The van der Waals surface area contributed by atoms with Gasteiger partial charge in [-0.15, -0.1) is 21.5 Å². The quantitative estimate of drug-likeness (QED) is 0.445. The Labute approximate surface area is 147 Å². The molecule has 9 nitrogen and oxygen atoms in total. The van der Waals surface area contributed by atoms with Gasteiger partial charge in [-0.3, -0.25) is 4.99 Å². The topological polar surface area (TPSA) is 106 Å². The number of hydrogen-bond donors (Lipinski definition) is 1. The van der Waals surface area contributed by atoms with E-state index in [2.05, 4.69) is 15.1 Å². The third kappa shape index (κ3) is 4.96. The highest BCUT2D eigenvalue weighted by Gasteiger charge is 2.26. The first-order chi connectivity index (χ1) is 11.5. The van der Waals surface area contributed by atoms with Crippen molar-refractivity contribution in [2.24, 2.45) is 4.99 Å². The Morgan fingerprint density at radius 1 is 1.54 bits per heavy atom. The van der Waals surface area contributed by atoms with Crippen molar-refractivity contribution in [2.45, 2.75) is 19.8 Å². The number of carbonyl (C=O) groups is 1. The van der Waals surface area contributed by atoms with Gasteiger partial charge in [-0.2, -0.15) is 0 Å². The number of hydrogen-bond acceptors (Lipinski definition) is 8. The molecule has 1 aromatic rings. The largest absolute Gasteiger partial charge is 0.449 e. The monoisotopic (exact) mass is 376 g/mol. The van der Waals surface area contributed by atoms with E-state index >= 15 is 0 Å². The maximum absolute atomic E-state index is 12.1. The Morgan fingerprint density at radius 3 is 2.96 bits per heavy atom. The lowest BCUT2D eigenvalue weighted by molar-refractivity contribution is -0.757. The van der Waals surface area contributed by atoms with E-state index in [0.29, 0.717) is 36.2 Å². The third-order valence-electron chi connectivity index (χ3n) is 3.19. The Bertz CT molecular complexity index is 616. The molecule has 0 aliphatic carbocycles. The summed E-state index contributed by atoms with van der Waals surface area (Å²) in [4.78, 5) is 31.9. The molecule has 0 saturated carbocycles. The minimum absolute atomic E-state index is 0.0154. The highest BCUT2D eigenvalue weighted by molar-refractivity contribution is 7.15. The van der Waals surface area contributed by atoms with Crippen LogP contribution in [-0.2, 0) is 9.57 Å². The molecule has 0 unspecified atom stereocenters. The number of thiophene rings is 1. The van der Waals surface area contributed by atoms with Crippen molar-refractivity contribution in [3.8, 4) is 0 Å². The van der Waals surface area contributed by atoms with Gasteiger partial charge < -0.3 is 14.9 Å². The second kappa shape index (κ2) is 8.69. The highest BCUT2D eigenvalue weighted by atomic mass is 35.5. The van der Waals surface area contributed by atoms with E-state index in [1.165, 1.54) is 16.2 Å². The zero-order chi connectivity index (χ0) is 17.5. The Morgan fingerprint density at radius 2 is 2.29 bits per heavy atom. The molecule has 0 radical (unpaired) electrons. The molecule has 11 heteroatoms. The smallest absolute Gasteiger partial charge is 0.416 e. The van der Waals surface area contributed by atoms with Gasteiger partial charge in [-0.05, 0) is 30.7 Å². The van der Waals surface area contributed by atoms with Crippen LogP contribution in [0.25, 0.3) is 0 Å². The number of amides is 1. The van der Waals surface area contributed by atoms with Crippen molar-refractivity contribution in [3.63, 3.8) is 0 Å². The van der Waals surface area contributed by atoms with E-state index < -0.39 is 11.2 Å². The molecule has 1 amide bonds. The van der Waals surface area contributed by atoms with Crippen LogP contribution in [0.5, 0.6) is 0 Å². The SMILES string of the molecule is Cc1csc(Cl)c1NC1=NCCN1C(=O)OCCCCO[N+](=O)[O-]. The number of aliphatic imine (C=N–C) groups is 1. The van der Waals surface area contributed by atoms with Gasteiger partial charge in [-0.1, -0.05) is 11.6 Å². The minimum Gasteiger partial charge on any atom is -0.449 e. The van der Waals surface area contributed by atoms with Crippen molar-refractivity contribution >= 4 is 40.7 Å². The van der Waals surface area contributed by atoms with Crippen LogP contribution in [-0.4, -0.2) is 48.3 Å². The molecule has 0 spiro atoms. The zero-order valence-corrected chi connectivity index (χ0v) is 14.6. The molecule has 1 aliphatic rings. The normalized spacial score (nSPS) is 13.6. The molecule has 0 bridgehead atoms. The standard InChI is InChI=1S/C13H17ClN4O5S/c1-9-8-24-11(14)10(9)16-12-15-4-5-17(12)13(19)22-6-2-3-7-23-18(20)21/h8H,2-7H2,1H3,(H,15,16). The molecule has 0 aromatic carbocycles. The van der Waals surface area contributed by atoms with Gasteiger partial charge in [0.15, 0.2) is 0 Å². The van der Waals surface area contributed by atoms with Crippen LogP contribution in [0, 0.1) is 17.0 Å². The van der Waals surface area contributed by atoms with E-state index in [-0.39, 0.29) is 13.2 Å². The summed E-state index contributed by atoms with van der Waals surface area (Å²) in [5, 5.41) is 14.1. The Hall–Kier alpha value is -2.07. The number of aryl methyl sites for hydroxylation is 1. The van der Waals surface area contributed by atoms with Crippen molar-refractivity contribution in [2.75, 3.05) is 31.6 Å². The fraction of sp³-hybridized carbons (Fsp3) is 0.538. The first-order valence-corrected chi connectivity index (χ1v) is 8.51. The van der Waals surface area contributed by atoms with E-state index in [1.807, 2.05) is 12.3 Å². The summed E-state index contributed by atoms with van der Waals surface area (Å²) in [6.07, 6.45) is 0.387. The number of halogens is 1. The molecule has 1 aromatic heterocycles. The lowest BCUT2D eigenvalue weighted by Gasteiger charge is -2.19. The van der Waals surface area contributed by atoms with Crippen LogP contribution in [0.2, 0.25) is 4.34 Å². The summed E-state index contributed by atoms with van der Waals surface area (Å²) in [5.41, 5.74) is 1.70. The van der Waals surface area contributed by atoms with Crippen LogP contribution in [0.15, 0.2) is 10.4 Å². The number of rotatable bonds is 7. The molecular weight excluding hydrogens is 360 g/mol. The van der Waals surface area contributed by atoms with Crippen LogP contribution in [0.4, 0.5) is 10.5 Å². The van der Waals surface area contributed by atoms with Crippen LogP contribution in [0.1, 0.15) is 18.4 Å². The van der Waals surface area contributed by atoms with Crippen LogP contribution >= 0.6 is 22.9 Å². The van der Waals surface area contributed by atoms with Crippen LogP contribution in [0.3, 0.4) is 0 Å². The maximum atomic E-state index is 12.1. The molecule has 0 fully saturated rings. The van der Waals surface area contributed by atoms with Gasteiger partial charge >= 0.3 is 6.09 Å². The average molecular weight is 377 g/mol. The molecule has 0 atom stereocenters. The summed E-state index contributed by atoms with van der Waals surface area (Å²) in [5.74, 6) is 0.403. The predicted octanol–water partition coefficient (Wildman–Crippen LogP) is 2.92. The molecular formula is C13H17ClN4O5S. The van der Waals surface area contributed by atoms with Crippen molar-refractivity contribution in [1.82, 2.24) is 4.90 Å². The number of nitrogens with zero attached hydrogens (tertiary/aromatic N) is 3. The van der Waals surface area contributed by atoms with Gasteiger partial charge in [-0.25, -0.2) is 9.69 Å². The predicted molar refractivity (Wildman–Crippen MR) is 90.2 cm³/mol. The highest BCUT2D eigenvalue weighted by Crippen LogP contribution is 2.32. The molecule has 0 saturated heterocycles. The van der Waals surface area contributed by atoms with Crippen molar-refractivity contribution < 1.29 is 19.5 Å². The van der Waals surface area contributed by atoms with Gasteiger partial charge in [0.05, 0.1) is 32.0 Å². The average Bonchev–Trinajstić information content (AvgIpc) is 3.12. The number of unbranched alkanes of at least 4 members (excludes halogenated alkanes) is 1. The second-order valence-corrected chi connectivity index (χ2v) is 6.41. The lowest BCUT2D eigenvalue weighted by atomic mass is 10.3. The molecule has 1 aliphatic heterocycles. The zero-order valence-electron chi connectivity index (χ0n) is 13.0. The van der Waals surface area contributed by atoms with E-state index in [9.17, 15) is 14.9 Å². The minimum atomic E-state index is -0.845. The maximum Gasteiger partial charge on any atom is 0.416 e. The van der Waals surface area contributed by atoms with E-state index in [1.54, 1.807) is 0 Å². The summed E-state index contributed by atoms with van der Waals surface area (Å²) < 4.78 is 5.75. The third-order valence-corrected chi connectivity index (χ3v) is 4.53. The van der Waals surface area contributed by atoms with Gasteiger partial charge in [0.25, 0.3) is 5.09 Å². The van der Waals surface area contributed by atoms with Gasteiger partial charge in [0.1, 0.15) is 4.34 Å². The first kappa shape index (κ1) is 18.3. The van der Waals surface area contributed by atoms with E-state index in [4.69, 9.17) is 16.3 Å². The molecule has 1 N–H and O–H groups in total. The Kier molecular flexibility index (Phi) is 6.62. The summed E-state index contributed by atoms with van der Waals surface area (Å²) in [6, 6.07) is 0. The van der Waals surface area contributed by atoms with Crippen LogP contribution < -0.4 is 5.32 Å². The first-order valence-electron chi connectivity index (χ1n) is 7.25. The van der Waals surface area contributed by atoms with Gasteiger partial charge in [0, 0.05) is 0 Å². The number of guanidine groups is 1. The second-order valence-electron chi connectivity index (χ2n) is 4.93.